The summed E-state index contributed by atoms with van der Waals surface area (Å²) in [6, 6.07) is 3.89. The van der Waals surface area contributed by atoms with Gasteiger partial charge in [0.05, 0.1) is 17.9 Å². The average Bonchev–Trinajstić information content (AvgIpc) is 2.44. The molecule has 0 unspecified atom stereocenters. The first-order valence-corrected chi connectivity index (χ1v) is 6.87. The van der Waals surface area contributed by atoms with Gasteiger partial charge in [0.25, 0.3) is 5.56 Å². The molecular weight excluding hydrogens is 276 g/mol. The maximum Gasteiger partial charge on any atom is 0.287 e. The Hall–Kier alpha value is -1.88. The molecule has 2 aromatic rings. The van der Waals surface area contributed by atoms with Gasteiger partial charge in [0.15, 0.2) is 0 Å². The Kier molecular flexibility index (Phi) is 4.74. The molecule has 20 heavy (non-hydrogen) atoms. The SMILES string of the molecule is CC(C)n1ncc(NCCc2cccnc2)c(Cl)c1=O. The van der Waals surface area contributed by atoms with Gasteiger partial charge in [-0.3, -0.25) is 9.78 Å². The van der Waals surface area contributed by atoms with Crippen LogP contribution in [-0.2, 0) is 6.42 Å². The summed E-state index contributed by atoms with van der Waals surface area (Å²) in [5.41, 5.74) is 1.42. The Morgan fingerprint density at radius 2 is 2.20 bits per heavy atom. The number of hydrogen-bond donors (Lipinski definition) is 1. The van der Waals surface area contributed by atoms with Crippen molar-refractivity contribution in [1.29, 1.82) is 0 Å². The van der Waals surface area contributed by atoms with Crippen molar-refractivity contribution in [1.82, 2.24) is 14.8 Å². The number of halogens is 1. The third-order valence-corrected chi connectivity index (χ3v) is 3.25. The molecule has 6 heteroatoms. The molecule has 1 N–H and O–H groups in total. The van der Waals surface area contributed by atoms with Gasteiger partial charge >= 0.3 is 0 Å². The number of pyridine rings is 1. The van der Waals surface area contributed by atoms with E-state index in [2.05, 4.69) is 15.4 Å². The van der Waals surface area contributed by atoms with Gasteiger partial charge in [0, 0.05) is 18.9 Å². The number of hydrogen-bond acceptors (Lipinski definition) is 4. The third-order valence-electron chi connectivity index (χ3n) is 2.88. The molecule has 0 saturated heterocycles. The summed E-state index contributed by atoms with van der Waals surface area (Å²) in [4.78, 5) is 16.0. The molecule has 0 fully saturated rings. The molecule has 0 spiro atoms. The van der Waals surface area contributed by atoms with Gasteiger partial charge in [-0.05, 0) is 31.9 Å². The van der Waals surface area contributed by atoms with E-state index in [1.54, 1.807) is 12.4 Å². The number of aromatic nitrogens is 3. The van der Waals surface area contributed by atoms with Crippen molar-refractivity contribution in [2.24, 2.45) is 0 Å². The van der Waals surface area contributed by atoms with Crippen LogP contribution < -0.4 is 10.9 Å². The van der Waals surface area contributed by atoms with E-state index < -0.39 is 0 Å². The predicted octanol–water partition coefficient (Wildman–Crippen LogP) is 2.53. The van der Waals surface area contributed by atoms with E-state index in [-0.39, 0.29) is 16.6 Å². The van der Waals surface area contributed by atoms with Crippen molar-refractivity contribution in [3.63, 3.8) is 0 Å². The predicted molar refractivity (Wildman–Crippen MR) is 80.3 cm³/mol. The van der Waals surface area contributed by atoms with E-state index >= 15 is 0 Å². The van der Waals surface area contributed by atoms with Crippen LogP contribution in [0.1, 0.15) is 25.5 Å². The lowest BCUT2D eigenvalue weighted by Crippen LogP contribution is -2.26. The molecule has 0 amide bonds. The lowest BCUT2D eigenvalue weighted by molar-refractivity contribution is 0.503. The highest BCUT2D eigenvalue weighted by atomic mass is 35.5. The van der Waals surface area contributed by atoms with Gasteiger partial charge < -0.3 is 5.32 Å². The fourth-order valence-electron chi connectivity index (χ4n) is 1.82. The fraction of sp³-hybridized carbons (Fsp3) is 0.357. The molecule has 0 radical (unpaired) electrons. The topological polar surface area (TPSA) is 59.8 Å². The second kappa shape index (κ2) is 6.52. The molecule has 0 aromatic carbocycles. The Bertz CT molecular complexity index is 625. The van der Waals surface area contributed by atoms with Crippen LogP contribution >= 0.6 is 11.6 Å². The van der Waals surface area contributed by atoms with Gasteiger partial charge in [-0.15, -0.1) is 0 Å². The van der Waals surface area contributed by atoms with Crippen LogP contribution in [0.4, 0.5) is 5.69 Å². The van der Waals surface area contributed by atoms with E-state index in [1.807, 2.05) is 32.2 Å². The van der Waals surface area contributed by atoms with E-state index in [0.717, 1.165) is 12.0 Å². The largest absolute Gasteiger partial charge is 0.382 e. The van der Waals surface area contributed by atoms with Crippen molar-refractivity contribution in [3.05, 3.63) is 51.7 Å². The maximum atomic E-state index is 12.0. The average molecular weight is 293 g/mol. The van der Waals surface area contributed by atoms with E-state index in [1.165, 1.54) is 4.68 Å². The summed E-state index contributed by atoms with van der Waals surface area (Å²) in [5, 5.41) is 7.42. The Balaban J connectivity index is 2.04. The number of anilines is 1. The van der Waals surface area contributed by atoms with Crippen LogP contribution in [0.5, 0.6) is 0 Å². The molecule has 0 aliphatic carbocycles. The first-order chi connectivity index (χ1) is 9.59. The van der Waals surface area contributed by atoms with E-state index in [4.69, 9.17) is 11.6 Å². The quantitative estimate of drug-likeness (QED) is 0.920. The lowest BCUT2D eigenvalue weighted by atomic mass is 10.2. The number of rotatable bonds is 5. The first kappa shape index (κ1) is 14.5. The zero-order valence-electron chi connectivity index (χ0n) is 11.5. The minimum Gasteiger partial charge on any atom is -0.382 e. The summed E-state index contributed by atoms with van der Waals surface area (Å²) in [7, 11) is 0. The fourth-order valence-corrected chi connectivity index (χ4v) is 2.03. The molecule has 2 aromatic heterocycles. The monoisotopic (exact) mass is 292 g/mol. The van der Waals surface area contributed by atoms with Crippen molar-refractivity contribution in [2.75, 3.05) is 11.9 Å². The molecule has 0 saturated carbocycles. The van der Waals surface area contributed by atoms with Crippen LogP contribution in [0, 0.1) is 0 Å². The molecule has 5 nitrogen and oxygen atoms in total. The molecule has 0 bridgehead atoms. The number of nitrogens with zero attached hydrogens (tertiary/aromatic N) is 3. The zero-order valence-corrected chi connectivity index (χ0v) is 12.3. The molecule has 0 atom stereocenters. The Morgan fingerprint density at radius 1 is 1.40 bits per heavy atom. The van der Waals surface area contributed by atoms with Crippen molar-refractivity contribution < 1.29 is 0 Å². The highest BCUT2D eigenvalue weighted by molar-refractivity contribution is 6.32. The van der Waals surface area contributed by atoms with E-state index in [9.17, 15) is 4.79 Å². The van der Waals surface area contributed by atoms with Crippen LogP contribution in [0.3, 0.4) is 0 Å². The summed E-state index contributed by atoms with van der Waals surface area (Å²) in [6.45, 7) is 4.44. The van der Waals surface area contributed by atoms with Gasteiger partial charge in [-0.25, -0.2) is 4.68 Å². The minimum absolute atomic E-state index is 0.00977. The first-order valence-electron chi connectivity index (χ1n) is 6.49. The highest BCUT2D eigenvalue weighted by Crippen LogP contribution is 2.16. The van der Waals surface area contributed by atoms with Crippen LogP contribution in [0.15, 0.2) is 35.5 Å². The Morgan fingerprint density at radius 3 is 2.85 bits per heavy atom. The van der Waals surface area contributed by atoms with Crippen LogP contribution in [0.2, 0.25) is 5.02 Å². The van der Waals surface area contributed by atoms with Gasteiger partial charge in [0.1, 0.15) is 5.02 Å². The summed E-state index contributed by atoms with van der Waals surface area (Å²) in [6.07, 6.45) is 5.95. The number of nitrogens with one attached hydrogen (secondary N) is 1. The standard InChI is InChI=1S/C14H17ClN4O/c1-10(2)19-14(20)13(15)12(9-18-19)17-7-5-11-4-3-6-16-8-11/h3-4,6,8-10,17H,5,7H2,1-2H3. The summed E-state index contributed by atoms with van der Waals surface area (Å²) < 4.78 is 1.37. The summed E-state index contributed by atoms with van der Waals surface area (Å²) >= 11 is 6.08. The van der Waals surface area contributed by atoms with Crippen LogP contribution in [0.25, 0.3) is 0 Å². The van der Waals surface area contributed by atoms with Crippen LogP contribution in [-0.4, -0.2) is 21.3 Å². The van der Waals surface area contributed by atoms with Crippen molar-refractivity contribution in [3.8, 4) is 0 Å². The molecule has 0 aliphatic rings. The van der Waals surface area contributed by atoms with Gasteiger partial charge in [-0.2, -0.15) is 5.10 Å². The maximum absolute atomic E-state index is 12.0. The molecule has 2 heterocycles. The Labute approximate surface area is 122 Å². The van der Waals surface area contributed by atoms with Gasteiger partial charge in [0.2, 0.25) is 0 Å². The molecular formula is C14H17ClN4O. The van der Waals surface area contributed by atoms with Crippen molar-refractivity contribution in [2.45, 2.75) is 26.3 Å². The highest BCUT2D eigenvalue weighted by Gasteiger charge is 2.10. The second-order valence-electron chi connectivity index (χ2n) is 4.75. The van der Waals surface area contributed by atoms with Gasteiger partial charge in [-0.1, -0.05) is 17.7 Å². The normalized spacial score (nSPS) is 10.8. The smallest absolute Gasteiger partial charge is 0.287 e. The minimum atomic E-state index is -0.270. The third kappa shape index (κ3) is 3.36. The zero-order chi connectivity index (χ0) is 14.5. The molecule has 2 rings (SSSR count). The molecule has 106 valence electrons. The second-order valence-corrected chi connectivity index (χ2v) is 5.13. The van der Waals surface area contributed by atoms with Crippen molar-refractivity contribution >= 4 is 17.3 Å². The molecule has 0 aliphatic heterocycles. The van der Waals surface area contributed by atoms with E-state index in [0.29, 0.717) is 12.2 Å². The summed E-state index contributed by atoms with van der Waals surface area (Å²) in [5.74, 6) is 0. The lowest BCUT2D eigenvalue weighted by Gasteiger charge is -2.12.